The monoisotopic (exact) mass is 259 g/mol. The van der Waals surface area contributed by atoms with Gasteiger partial charge in [-0.1, -0.05) is 0 Å². The molecular formula is C10H17N3O3S. The van der Waals surface area contributed by atoms with Gasteiger partial charge in [-0.25, -0.2) is 13.4 Å². The fraction of sp³-hybridized carbons (Fsp3) is 0.500. The molecule has 0 spiro atoms. The molecular weight excluding hydrogens is 242 g/mol. The van der Waals surface area contributed by atoms with Crippen molar-refractivity contribution in [1.29, 1.82) is 0 Å². The molecule has 0 unspecified atom stereocenters. The molecule has 0 bridgehead atoms. The topological polar surface area (TPSA) is 96.5 Å². The number of hydrogen-bond donors (Lipinski definition) is 2. The normalized spacial score (nSPS) is 12.3. The number of nitrogens with two attached hydrogens (primary N) is 1. The molecule has 0 aliphatic rings. The zero-order chi connectivity index (χ0) is 13.1. The van der Waals surface area contributed by atoms with Gasteiger partial charge in [0.15, 0.2) is 0 Å². The number of rotatable bonds is 5. The Bertz CT molecular complexity index is 473. The van der Waals surface area contributed by atoms with Crippen molar-refractivity contribution in [1.82, 2.24) is 9.29 Å². The summed E-state index contributed by atoms with van der Waals surface area (Å²) in [5.74, 6) is -0.0314. The number of anilines is 1. The molecule has 1 aromatic heterocycles. The van der Waals surface area contributed by atoms with Crippen LogP contribution in [0.3, 0.4) is 0 Å². The average Bonchev–Trinajstić information content (AvgIpc) is 2.25. The summed E-state index contributed by atoms with van der Waals surface area (Å²) in [5.41, 5.74) is 5.56. The summed E-state index contributed by atoms with van der Waals surface area (Å²) >= 11 is 0. The highest BCUT2D eigenvalue weighted by Gasteiger charge is 2.28. The SMILES string of the molecule is CC(C)N(CCO)S(=O)(=O)c1cccnc1N. The van der Waals surface area contributed by atoms with Gasteiger partial charge in [0, 0.05) is 18.8 Å². The van der Waals surface area contributed by atoms with Crippen LogP contribution in [-0.4, -0.2) is 42.0 Å². The van der Waals surface area contributed by atoms with Gasteiger partial charge in [0.2, 0.25) is 10.0 Å². The van der Waals surface area contributed by atoms with Gasteiger partial charge in [-0.3, -0.25) is 0 Å². The predicted octanol–water partition coefficient (Wildman–Crippen LogP) is 0.0552. The second-order valence-electron chi connectivity index (χ2n) is 3.82. The van der Waals surface area contributed by atoms with E-state index in [1.54, 1.807) is 13.8 Å². The first-order valence-corrected chi connectivity index (χ1v) is 6.68. The Morgan fingerprint density at radius 3 is 2.65 bits per heavy atom. The lowest BCUT2D eigenvalue weighted by molar-refractivity contribution is 0.236. The molecule has 7 heteroatoms. The number of sulfonamides is 1. The third-order valence-corrected chi connectivity index (χ3v) is 4.41. The zero-order valence-corrected chi connectivity index (χ0v) is 10.7. The standard InChI is InChI=1S/C10H17N3O3S/c1-8(2)13(6-7-14)17(15,16)9-4-3-5-12-10(9)11/h3-5,8,14H,6-7H2,1-2H3,(H2,11,12). The average molecular weight is 259 g/mol. The summed E-state index contributed by atoms with van der Waals surface area (Å²) < 4.78 is 25.8. The second-order valence-corrected chi connectivity index (χ2v) is 5.68. The van der Waals surface area contributed by atoms with E-state index in [1.807, 2.05) is 0 Å². The first kappa shape index (κ1) is 13.9. The highest BCUT2D eigenvalue weighted by molar-refractivity contribution is 7.89. The maximum Gasteiger partial charge on any atom is 0.247 e. The van der Waals surface area contributed by atoms with E-state index in [0.29, 0.717) is 0 Å². The second kappa shape index (κ2) is 5.44. The number of nitrogens with zero attached hydrogens (tertiary/aromatic N) is 2. The van der Waals surface area contributed by atoms with Crippen LogP contribution in [-0.2, 0) is 10.0 Å². The van der Waals surface area contributed by atoms with E-state index in [0.717, 1.165) is 0 Å². The minimum atomic E-state index is -3.71. The molecule has 1 aromatic rings. The van der Waals surface area contributed by atoms with Crippen molar-refractivity contribution in [2.24, 2.45) is 0 Å². The Balaban J connectivity index is 3.22. The van der Waals surface area contributed by atoms with Gasteiger partial charge in [0.1, 0.15) is 10.7 Å². The summed E-state index contributed by atoms with van der Waals surface area (Å²) in [4.78, 5) is 3.73. The molecule has 0 aliphatic heterocycles. The molecule has 0 saturated carbocycles. The van der Waals surface area contributed by atoms with Crippen molar-refractivity contribution < 1.29 is 13.5 Å². The molecule has 1 heterocycles. The van der Waals surface area contributed by atoms with Crippen molar-refractivity contribution in [3.05, 3.63) is 18.3 Å². The molecule has 17 heavy (non-hydrogen) atoms. The van der Waals surface area contributed by atoms with Crippen molar-refractivity contribution in [3.63, 3.8) is 0 Å². The van der Waals surface area contributed by atoms with E-state index >= 15 is 0 Å². The van der Waals surface area contributed by atoms with Gasteiger partial charge in [0.05, 0.1) is 6.61 Å². The third-order valence-electron chi connectivity index (χ3n) is 2.28. The van der Waals surface area contributed by atoms with Crippen LogP contribution in [0, 0.1) is 0 Å². The number of aliphatic hydroxyl groups is 1. The van der Waals surface area contributed by atoms with Crippen LogP contribution >= 0.6 is 0 Å². The Labute approximate surface area is 101 Å². The Hall–Kier alpha value is -1.18. The summed E-state index contributed by atoms with van der Waals surface area (Å²) in [5, 5.41) is 8.91. The number of aliphatic hydroxyl groups excluding tert-OH is 1. The van der Waals surface area contributed by atoms with Crippen LogP contribution in [0.25, 0.3) is 0 Å². The van der Waals surface area contributed by atoms with Crippen LogP contribution in [0.4, 0.5) is 5.82 Å². The van der Waals surface area contributed by atoms with Crippen LogP contribution in [0.5, 0.6) is 0 Å². The lowest BCUT2D eigenvalue weighted by Gasteiger charge is -2.25. The maximum absolute atomic E-state index is 12.3. The third kappa shape index (κ3) is 2.93. The quantitative estimate of drug-likeness (QED) is 0.779. The van der Waals surface area contributed by atoms with Crippen LogP contribution in [0.2, 0.25) is 0 Å². The van der Waals surface area contributed by atoms with E-state index in [-0.39, 0.29) is 29.9 Å². The molecule has 0 atom stereocenters. The number of nitrogen functional groups attached to an aromatic ring is 1. The van der Waals surface area contributed by atoms with Gasteiger partial charge in [0.25, 0.3) is 0 Å². The summed E-state index contributed by atoms with van der Waals surface area (Å²) in [6, 6.07) is 2.66. The highest BCUT2D eigenvalue weighted by atomic mass is 32.2. The summed E-state index contributed by atoms with van der Waals surface area (Å²) in [6.45, 7) is 3.27. The Kier molecular flexibility index (Phi) is 4.44. The fourth-order valence-corrected chi connectivity index (χ4v) is 3.20. The molecule has 0 radical (unpaired) electrons. The van der Waals surface area contributed by atoms with Gasteiger partial charge in [-0.2, -0.15) is 4.31 Å². The van der Waals surface area contributed by atoms with E-state index in [2.05, 4.69) is 4.98 Å². The minimum Gasteiger partial charge on any atom is -0.395 e. The Morgan fingerprint density at radius 1 is 1.53 bits per heavy atom. The van der Waals surface area contributed by atoms with E-state index in [4.69, 9.17) is 10.8 Å². The molecule has 3 N–H and O–H groups in total. The molecule has 0 fully saturated rings. The molecule has 1 rings (SSSR count). The van der Waals surface area contributed by atoms with E-state index < -0.39 is 10.0 Å². The predicted molar refractivity (Wildman–Crippen MR) is 64.8 cm³/mol. The largest absolute Gasteiger partial charge is 0.395 e. The van der Waals surface area contributed by atoms with Gasteiger partial charge in [-0.15, -0.1) is 0 Å². The van der Waals surface area contributed by atoms with Crippen LogP contribution in [0.15, 0.2) is 23.2 Å². The maximum atomic E-state index is 12.3. The van der Waals surface area contributed by atoms with Crippen LogP contribution in [0.1, 0.15) is 13.8 Å². The number of hydrogen-bond acceptors (Lipinski definition) is 5. The first-order chi connectivity index (χ1) is 7.91. The van der Waals surface area contributed by atoms with Gasteiger partial charge in [-0.05, 0) is 26.0 Å². The molecule has 96 valence electrons. The van der Waals surface area contributed by atoms with Gasteiger partial charge < -0.3 is 10.8 Å². The first-order valence-electron chi connectivity index (χ1n) is 5.24. The zero-order valence-electron chi connectivity index (χ0n) is 9.87. The summed E-state index contributed by atoms with van der Waals surface area (Å²) in [6.07, 6.45) is 1.43. The molecule has 0 amide bonds. The van der Waals surface area contributed by atoms with Crippen molar-refractivity contribution in [2.45, 2.75) is 24.8 Å². The van der Waals surface area contributed by atoms with Crippen molar-refractivity contribution in [2.75, 3.05) is 18.9 Å². The molecule has 0 saturated heterocycles. The fourth-order valence-electron chi connectivity index (χ4n) is 1.50. The molecule has 0 aromatic carbocycles. The number of aromatic nitrogens is 1. The molecule has 0 aliphatic carbocycles. The number of pyridine rings is 1. The van der Waals surface area contributed by atoms with Crippen LogP contribution < -0.4 is 5.73 Å². The minimum absolute atomic E-state index is 0.0258. The molecule has 6 nitrogen and oxygen atoms in total. The van der Waals surface area contributed by atoms with Gasteiger partial charge >= 0.3 is 0 Å². The summed E-state index contributed by atoms with van der Waals surface area (Å²) in [7, 11) is -3.71. The van der Waals surface area contributed by atoms with E-state index in [9.17, 15) is 8.42 Å². The smallest absolute Gasteiger partial charge is 0.247 e. The lowest BCUT2D eigenvalue weighted by Crippen LogP contribution is -2.39. The van der Waals surface area contributed by atoms with E-state index in [1.165, 1.54) is 22.6 Å². The Morgan fingerprint density at radius 2 is 2.18 bits per heavy atom. The lowest BCUT2D eigenvalue weighted by atomic mass is 10.4. The highest BCUT2D eigenvalue weighted by Crippen LogP contribution is 2.21. The van der Waals surface area contributed by atoms with Crippen molar-refractivity contribution >= 4 is 15.8 Å². The van der Waals surface area contributed by atoms with Crippen molar-refractivity contribution in [3.8, 4) is 0 Å².